The molecule has 1 aromatic heterocycles. The Kier molecular flexibility index (Phi) is 6.76. The number of pyridine rings is 1. The van der Waals surface area contributed by atoms with E-state index in [4.69, 9.17) is 4.74 Å². The maximum absolute atomic E-state index is 11.0. The van der Waals surface area contributed by atoms with Crippen LogP contribution in [0.4, 0.5) is 11.5 Å². The quantitative estimate of drug-likeness (QED) is 0.552. The van der Waals surface area contributed by atoms with Crippen LogP contribution < -0.4 is 10.1 Å². The van der Waals surface area contributed by atoms with Gasteiger partial charge in [-0.25, -0.2) is 0 Å². The van der Waals surface area contributed by atoms with E-state index >= 15 is 0 Å². The number of unbranched alkanes of at least 4 members (excludes halogenated alkanes) is 1. The zero-order valence-corrected chi connectivity index (χ0v) is 12.4. The van der Waals surface area contributed by atoms with E-state index in [1.165, 1.54) is 6.07 Å². The van der Waals surface area contributed by atoms with Gasteiger partial charge in [-0.3, -0.25) is 10.1 Å². The minimum Gasteiger partial charge on any atom is -0.472 e. The molecule has 6 nitrogen and oxygen atoms in total. The van der Waals surface area contributed by atoms with Gasteiger partial charge < -0.3 is 10.1 Å². The Hall–Kier alpha value is -1.85. The first-order valence-electron chi connectivity index (χ1n) is 7.08. The van der Waals surface area contributed by atoms with Crippen LogP contribution in [0, 0.1) is 16.0 Å². The molecule has 0 bridgehead atoms. The third kappa shape index (κ3) is 4.68. The van der Waals surface area contributed by atoms with Crippen molar-refractivity contribution < 1.29 is 9.66 Å². The lowest BCUT2D eigenvalue weighted by Crippen LogP contribution is -2.13. The molecule has 112 valence electrons. The summed E-state index contributed by atoms with van der Waals surface area (Å²) in [6.07, 6.45) is 4.37. The number of anilines is 1. The summed E-state index contributed by atoms with van der Waals surface area (Å²) in [5, 5.41) is 13.8. The third-order valence-electron chi connectivity index (χ3n) is 3.29. The Balaban J connectivity index is 2.76. The maximum atomic E-state index is 11.0. The SMILES string of the molecule is CCCCC(CC)COc1nc(NC)ccc1[N+](=O)[O-]. The van der Waals surface area contributed by atoms with Gasteiger partial charge in [0.2, 0.25) is 0 Å². The highest BCUT2D eigenvalue weighted by molar-refractivity contribution is 5.48. The second kappa shape index (κ2) is 8.35. The molecule has 1 atom stereocenters. The summed E-state index contributed by atoms with van der Waals surface area (Å²) in [5.74, 6) is 1.07. The molecule has 0 saturated carbocycles. The van der Waals surface area contributed by atoms with Crippen LogP contribution in [0.5, 0.6) is 5.88 Å². The normalized spacial score (nSPS) is 11.9. The van der Waals surface area contributed by atoms with Gasteiger partial charge in [-0.1, -0.05) is 33.1 Å². The lowest BCUT2D eigenvalue weighted by atomic mass is 10.0. The van der Waals surface area contributed by atoms with Crippen molar-refractivity contribution in [2.45, 2.75) is 39.5 Å². The van der Waals surface area contributed by atoms with Crippen LogP contribution in [0.25, 0.3) is 0 Å². The molecule has 0 aliphatic rings. The molecule has 1 unspecified atom stereocenters. The lowest BCUT2D eigenvalue weighted by Gasteiger charge is -2.15. The van der Waals surface area contributed by atoms with Gasteiger partial charge in [-0.05, 0) is 18.4 Å². The largest absolute Gasteiger partial charge is 0.472 e. The number of nitrogens with zero attached hydrogens (tertiary/aromatic N) is 2. The first kappa shape index (κ1) is 16.2. The van der Waals surface area contributed by atoms with Crippen molar-refractivity contribution in [2.75, 3.05) is 19.0 Å². The van der Waals surface area contributed by atoms with Crippen molar-refractivity contribution in [2.24, 2.45) is 5.92 Å². The number of rotatable bonds is 9. The molecular formula is C14H23N3O3. The summed E-state index contributed by atoms with van der Waals surface area (Å²) in [4.78, 5) is 14.6. The summed E-state index contributed by atoms with van der Waals surface area (Å²) in [7, 11) is 1.72. The van der Waals surface area contributed by atoms with Gasteiger partial charge in [0.25, 0.3) is 5.88 Å². The highest BCUT2D eigenvalue weighted by atomic mass is 16.6. The predicted molar refractivity (Wildman–Crippen MR) is 79.2 cm³/mol. The highest BCUT2D eigenvalue weighted by Crippen LogP contribution is 2.27. The first-order chi connectivity index (χ1) is 9.62. The zero-order chi connectivity index (χ0) is 15.0. The van der Waals surface area contributed by atoms with Gasteiger partial charge >= 0.3 is 5.69 Å². The predicted octanol–water partition coefficient (Wildman–Crippen LogP) is 3.63. The van der Waals surface area contributed by atoms with Crippen LogP contribution in [-0.4, -0.2) is 23.6 Å². The van der Waals surface area contributed by atoms with E-state index in [1.54, 1.807) is 13.1 Å². The van der Waals surface area contributed by atoms with Crippen molar-refractivity contribution >= 4 is 11.5 Å². The van der Waals surface area contributed by atoms with Crippen LogP contribution in [0.15, 0.2) is 12.1 Å². The Bertz CT molecular complexity index is 438. The standard InChI is InChI=1S/C14H23N3O3/c1-4-6-7-11(5-2)10-20-14-12(17(18)19)8-9-13(15-3)16-14/h8-9,11H,4-7,10H2,1-3H3,(H,15,16). The van der Waals surface area contributed by atoms with Crippen LogP contribution in [-0.2, 0) is 0 Å². The molecule has 0 fully saturated rings. The van der Waals surface area contributed by atoms with E-state index < -0.39 is 4.92 Å². The monoisotopic (exact) mass is 281 g/mol. The number of aromatic nitrogens is 1. The van der Waals surface area contributed by atoms with Gasteiger partial charge in [0.1, 0.15) is 5.82 Å². The summed E-state index contributed by atoms with van der Waals surface area (Å²) in [5.41, 5.74) is -0.0886. The Labute approximate surface area is 119 Å². The molecule has 0 aromatic carbocycles. The topological polar surface area (TPSA) is 77.3 Å². The maximum Gasteiger partial charge on any atom is 0.331 e. The summed E-state index contributed by atoms with van der Waals surface area (Å²) in [6, 6.07) is 2.99. The van der Waals surface area contributed by atoms with E-state index in [9.17, 15) is 10.1 Å². The summed E-state index contributed by atoms with van der Waals surface area (Å²) in [6.45, 7) is 4.73. The third-order valence-corrected chi connectivity index (χ3v) is 3.29. The zero-order valence-electron chi connectivity index (χ0n) is 12.4. The number of nitro groups is 1. The van der Waals surface area contributed by atoms with Gasteiger partial charge in [0, 0.05) is 13.1 Å². The average Bonchev–Trinajstić information content (AvgIpc) is 2.47. The number of hydrogen-bond donors (Lipinski definition) is 1. The van der Waals surface area contributed by atoms with Gasteiger partial charge in [-0.2, -0.15) is 4.98 Å². The van der Waals surface area contributed by atoms with Crippen molar-refractivity contribution in [3.05, 3.63) is 22.2 Å². The van der Waals surface area contributed by atoms with Crippen LogP contribution in [0.3, 0.4) is 0 Å². The summed E-state index contributed by atoms with van der Waals surface area (Å²) >= 11 is 0. The van der Waals surface area contributed by atoms with E-state index in [0.29, 0.717) is 18.3 Å². The number of nitrogens with one attached hydrogen (secondary N) is 1. The highest BCUT2D eigenvalue weighted by Gasteiger charge is 2.18. The number of ether oxygens (including phenoxy) is 1. The molecule has 20 heavy (non-hydrogen) atoms. The Morgan fingerprint density at radius 1 is 1.45 bits per heavy atom. The minimum absolute atomic E-state index is 0.0886. The van der Waals surface area contributed by atoms with Crippen molar-refractivity contribution in [1.82, 2.24) is 4.98 Å². The fraction of sp³-hybridized carbons (Fsp3) is 0.643. The molecule has 0 radical (unpaired) electrons. The van der Waals surface area contributed by atoms with Crippen LogP contribution in [0.1, 0.15) is 39.5 Å². The first-order valence-corrected chi connectivity index (χ1v) is 7.08. The van der Waals surface area contributed by atoms with E-state index in [2.05, 4.69) is 24.1 Å². The lowest BCUT2D eigenvalue weighted by molar-refractivity contribution is -0.386. The average molecular weight is 281 g/mol. The Morgan fingerprint density at radius 2 is 2.20 bits per heavy atom. The molecule has 0 spiro atoms. The van der Waals surface area contributed by atoms with Gasteiger partial charge in [-0.15, -0.1) is 0 Å². The smallest absolute Gasteiger partial charge is 0.331 e. The van der Waals surface area contributed by atoms with Crippen molar-refractivity contribution in [1.29, 1.82) is 0 Å². The molecular weight excluding hydrogens is 258 g/mol. The van der Waals surface area contributed by atoms with E-state index in [1.807, 2.05) is 0 Å². The van der Waals surface area contributed by atoms with Crippen LogP contribution in [0.2, 0.25) is 0 Å². The second-order valence-electron chi connectivity index (χ2n) is 4.76. The van der Waals surface area contributed by atoms with E-state index in [0.717, 1.165) is 25.7 Å². The molecule has 1 aromatic rings. The second-order valence-corrected chi connectivity index (χ2v) is 4.76. The van der Waals surface area contributed by atoms with E-state index in [-0.39, 0.29) is 11.6 Å². The van der Waals surface area contributed by atoms with Crippen LogP contribution >= 0.6 is 0 Å². The molecule has 1 rings (SSSR count). The molecule has 0 saturated heterocycles. The molecule has 1 heterocycles. The van der Waals surface area contributed by atoms with Crippen molar-refractivity contribution in [3.63, 3.8) is 0 Å². The molecule has 0 aliphatic carbocycles. The fourth-order valence-electron chi connectivity index (χ4n) is 1.91. The Morgan fingerprint density at radius 3 is 2.75 bits per heavy atom. The molecule has 0 amide bonds. The van der Waals surface area contributed by atoms with Gasteiger partial charge in [0.15, 0.2) is 0 Å². The molecule has 0 aliphatic heterocycles. The minimum atomic E-state index is -0.464. The number of hydrogen-bond acceptors (Lipinski definition) is 5. The van der Waals surface area contributed by atoms with Gasteiger partial charge in [0.05, 0.1) is 11.5 Å². The molecule has 1 N–H and O–H groups in total. The summed E-state index contributed by atoms with van der Waals surface area (Å²) < 4.78 is 5.60. The molecule has 6 heteroatoms. The van der Waals surface area contributed by atoms with Crippen molar-refractivity contribution in [3.8, 4) is 5.88 Å². The fourth-order valence-corrected chi connectivity index (χ4v) is 1.91.